The van der Waals surface area contributed by atoms with E-state index in [0.29, 0.717) is 23.6 Å². The Kier molecular flexibility index (Phi) is 4.88. The van der Waals surface area contributed by atoms with Crippen LogP contribution in [-0.2, 0) is 4.74 Å². The topological polar surface area (TPSA) is 75.3 Å². The monoisotopic (exact) mass is 429 g/mol. The van der Waals surface area contributed by atoms with Crippen molar-refractivity contribution in [3.8, 4) is 11.3 Å². The standard InChI is InChI=1S/C24H19N3O3S/c1-2-30-24(29)16-10-12-17(13-11-16)27-22(18-9-6-14-31-18)19-20(15-7-4-3-5-8-15)25-26-21(19)23(27)28/h3-14,22H,2H2,1H3,(H,25,26)/t22-/m0/s1. The van der Waals surface area contributed by atoms with E-state index in [-0.39, 0.29) is 17.9 Å². The minimum absolute atomic E-state index is 0.146. The van der Waals surface area contributed by atoms with Gasteiger partial charge in [0.25, 0.3) is 5.91 Å². The first-order valence-corrected chi connectivity index (χ1v) is 10.8. The molecular weight excluding hydrogens is 410 g/mol. The number of hydrogen-bond acceptors (Lipinski definition) is 5. The fraction of sp³-hybridized carbons (Fsp3) is 0.125. The maximum absolute atomic E-state index is 13.4. The molecule has 1 atom stereocenters. The van der Waals surface area contributed by atoms with Crippen LogP contribution in [0.5, 0.6) is 0 Å². The van der Waals surface area contributed by atoms with Crippen LogP contribution >= 0.6 is 11.3 Å². The van der Waals surface area contributed by atoms with Crippen molar-refractivity contribution in [1.82, 2.24) is 10.2 Å². The lowest BCUT2D eigenvalue weighted by atomic mass is 10.0. The number of carbonyl (C=O) groups excluding carboxylic acids is 2. The van der Waals surface area contributed by atoms with E-state index in [9.17, 15) is 9.59 Å². The third-order valence-corrected chi connectivity index (χ3v) is 6.21. The molecule has 31 heavy (non-hydrogen) atoms. The van der Waals surface area contributed by atoms with Crippen LogP contribution in [-0.4, -0.2) is 28.7 Å². The molecule has 5 rings (SSSR count). The first-order valence-electron chi connectivity index (χ1n) is 9.97. The summed E-state index contributed by atoms with van der Waals surface area (Å²) >= 11 is 1.60. The van der Waals surface area contributed by atoms with Crippen LogP contribution in [0.25, 0.3) is 11.3 Å². The first kappa shape index (κ1) is 19.3. The Bertz CT molecular complexity index is 1230. The number of nitrogens with one attached hydrogen (secondary N) is 1. The van der Waals surface area contributed by atoms with Gasteiger partial charge in [0.15, 0.2) is 0 Å². The highest BCUT2D eigenvalue weighted by molar-refractivity contribution is 7.10. The minimum atomic E-state index is -0.377. The lowest BCUT2D eigenvalue weighted by Gasteiger charge is -2.25. The molecule has 0 saturated carbocycles. The molecule has 3 heterocycles. The average Bonchev–Trinajstić information content (AvgIpc) is 3.53. The van der Waals surface area contributed by atoms with E-state index in [1.165, 1.54) is 0 Å². The van der Waals surface area contributed by atoms with Gasteiger partial charge in [-0.2, -0.15) is 5.10 Å². The summed E-state index contributed by atoms with van der Waals surface area (Å²) in [7, 11) is 0. The Morgan fingerprint density at radius 2 is 1.87 bits per heavy atom. The van der Waals surface area contributed by atoms with E-state index in [1.807, 2.05) is 47.8 Å². The van der Waals surface area contributed by atoms with Gasteiger partial charge in [0.1, 0.15) is 11.7 Å². The van der Waals surface area contributed by atoms with Crippen LogP contribution < -0.4 is 4.90 Å². The number of ether oxygens (including phenoxy) is 1. The largest absolute Gasteiger partial charge is 0.462 e. The van der Waals surface area contributed by atoms with Gasteiger partial charge in [0, 0.05) is 21.7 Å². The lowest BCUT2D eigenvalue weighted by Crippen LogP contribution is -2.28. The first-order chi connectivity index (χ1) is 15.2. The Balaban J connectivity index is 1.60. The molecule has 0 radical (unpaired) electrons. The molecule has 2 aromatic carbocycles. The summed E-state index contributed by atoms with van der Waals surface area (Å²) in [6, 6.07) is 20.5. The molecule has 1 aliphatic rings. The second-order valence-electron chi connectivity index (χ2n) is 7.09. The van der Waals surface area contributed by atoms with E-state index in [4.69, 9.17) is 4.74 Å². The molecule has 0 fully saturated rings. The van der Waals surface area contributed by atoms with Crippen molar-refractivity contribution in [1.29, 1.82) is 0 Å². The lowest BCUT2D eigenvalue weighted by molar-refractivity contribution is 0.0526. The molecule has 0 unspecified atom stereocenters. The van der Waals surface area contributed by atoms with Crippen molar-refractivity contribution >= 4 is 28.9 Å². The van der Waals surface area contributed by atoms with Crippen molar-refractivity contribution in [2.24, 2.45) is 0 Å². The smallest absolute Gasteiger partial charge is 0.338 e. The van der Waals surface area contributed by atoms with Gasteiger partial charge in [-0.05, 0) is 42.6 Å². The molecule has 1 N–H and O–H groups in total. The van der Waals surface area contributed by atoms with Gasteiger partial charge in [-0.1, -0.05) is 36.4 Å². The Labute approximate surface area is 183 Å². The van der Waals surface area contributed by atoms with Crippen molar-refractivity contribution in [3.63, 3.8) is 0 Å². The molecule has 1 aliphatic heterocycles. The van der Waals surface area contributed by atoms with Gasteiger partial charge in [-0.25, -0.2) is 4.79 Å². The summed E-state index contributed by atoms with van der Waals surface area (Å²) in [5.74, 6) is -0.524. The maximum Gasteiger partial charge on any atom is 0.338 e. The van der Waals surface area contributed by atoms with E-state index >= 15 is 0 Å². The summed E-state index contributed by atoms with van der Waals surface area (Å²) in [6.07, 6.45) is 0. The number of benzene rings is 2. The van der Waals surface area contributed by atoms with Gasteiger partial charge in [-0.3, -0.25) is 14.8 Å². The van der Waals surface area contributed by atoms with Crippen LogP contribution in [0.3, 0.4) is 0 Å². The number of rotatable bonds is 5. The molecule has 2 aromatic heterocycles. The number of esters is 1. The Hall–Kier alpha value is -3.71. The summed E-state index contributed by atoms with van der Waals surface area (Å²) in [6.45, 7) is 2.09. The molecule has 0 aliphatic carbocycles. The van der Waals surface area contributed by atoms with Gasteiger partial charge in [0.05, 0.1) is 17.9 Å². The van der Waals surface area contributed by atoms with E-state index in [1.54, 1.807) is 47.4 Å². The number of nitrogens with zero attached hydrogens (tertiary/aromatic N) is 2. The third kappa shape index (κ3) is 3.23. The number of aromatic nitrogens is 2. The number of carbonyl (C=O) groups is 2. The minimum Gasteiger partial charge on any atom is -0.462 e. The van der Waals surface area contributed by atoms with Gasteiger partial charge in [0.2, 0.25) is 0 Å². The third-order valence-electron chi connectivity index (χ3n) is 5.28. The molecule has 154 valence electrons. The Morgan fingerprint density at radius 1 is 1.10 bits per heavy atom. The van der Waals surface area contributed by atoms with E-state index in [0.717, 1.165) is 21.7 Å². The molecular formula is C24H19N3O3S. The second kappa shape index (κ2) is 7.85. The summed E-state index contributed by atoms with van der Waals surface area (Å²) in [5, 5.41) is 9.44. The molecule has 6 nitrogen and oxygen atoms in total. The predicted octanol–water partition coefficient (Wildman–Crippen LogP) is 5.06. The normalized spacial score (nSPS) is 15.2. The molecule has 0 spiro atoms. The van der Waals surface area contributed by atoms with E-state index in [2.05, 4.69) is 10.2 Å². The molecule has 0 saturated heterocycles. The van der Waals surface area contributed by atoms with Gasteiger partial charge >= 0.3 is 5.97 Å². The molecule has 1 amide bonds. The average molecular weight is 430 g/mol. The Morgan fingerprint density at radius 3 is 2.55 bits per heavy atom. The summed E-state index contributed by atoms with van der Waals surface area (Å²) in [4.78, 5) is 28.3. The predicted molar refractivity (Wildman–Crippen MR) is 119 cm³/mol. The fourth-order valence-corrected chi connectivity index (χ4v) is 4.74. The van der Waals surface area contributed by atoms with Crippen LogP contribution in [0.1, 0.15) is 44.3 Å². The number of aromatic amines is 1. The molecule has 7 heteroatoms. The summed E-state index contributed by atoms with van der Waals surface area (Å²) < 4.78 is 5.07. The highest BCUT2D eigenvalue weighted by atomic mass is 32.1. The van der Waals surface area contributed by atoms with Gasteiger partial charge < -0.3 is 4.74 Å². The van der Waals surface area contributed by atoms with Crippen LogP contribution in [0.15, 0.2) is 72.1 Å². The number of H-pyrrole nitrogens is 1. The van der Waals surface area contributed by atoms with Crippen LogP contribution in [0, 0.1) is 0 Å². The van der Waals surface area contributed by atoms with Crippen LogP contribution in [0.2, 0.25) is 0 Å². The highest BCUT2D eigenvalue weighted by Crippen LogP contribution is 2.46. The van der Waals surface area contributed by atoms with Gasteiger partial charge in [-0.15, -0.1) is 11.3 Å². The van der Waals surface area contributed by atoms with E-state index < -0.39 is 0 Å². The number of fused-ring (bicyclic) bond motifs is 1. The molecule has 4 aromatic rings. The highest BCUT2D eigenvalue weighted by Gasteiger charge is 2.43. The van der Waals surface area contributed by atoms with Crippen molar-refractivity contribution in [2.75, 3.05) is 11.5 Å². The zero-order valence-corrected chi connectivity index (χ0v) is 17.6. The number of thiophene rings is 1. The SMILES string of the molecule is CCOC(=O)c1ccc(N2C(=O)c3[nH]nc(-c4ccccc4)c3[C@@H]2c2cccs2)cc1. The molecule has 0 bridgehead atoms. The zero-order valence-electron chi connectivity index (χ0n) is 16.7. The maximum atomic E-state index is 13.4. The van der Waals surface area contributed by atoms with Crippen molar-refractivity contribution in [3.05, 3.63) is 93.8 Å². The quantitative estimate of drug-likeness (QED) is 0.450. The van der Waals surface area contributed by atoms with Crippen LogP contribution in [0.4, 0.5) is 5.69 Å². The number of hydrogen-bond donors (Lipinski definition) is 1. The second-order valence-corrected chi connectivity index (χ2v) is 8.07. The number of anilines is 1. The van der Waals surface area contributed by atoms with Crippen molar-refractivity contribution < 1.29 is 14.3 Å². The van der Waals surface area contributed by atoms with Crippen molar-refractivity contribution in [2.45, 2.75) is 13.0 Å². The zero-order chi connectivity index (χ0) is 21.4. The number of amides is 1. The summed E-state index contributed by atoms with van der Waals surface area (Å²) in [5.41, 5.74) is 4.25. The fourth-order valence-electron chi connectivity index (χ4n) is 3.92.